The second-order valence-electron chi connectivity index (χ2n) is 4.79. The normalized spacial score (nSPS) is 16.9. The minimum absolute atomic E-state index is 0.280. The van der Waals surface area contributed by atoms with E-state index in [-0.39, 0.29) is 5.60 Å². The van der Waals surface area contributed by atoms with Crippen molar-refractivity contribution in [3.63, 3.8) is 0 Å². The predicted octanol–water partition coefficient (Wildman–Crippen LogP) is 2.50. The number of hydrogen-bond acceptors (Lipinski definition) is 3. The van der Waals surface area contributed by atoms with Crippen molar-refractivity contribution in [1.29, 1.82) is 0 Å². The molecule has 0 fully saturated rings. The van der Waals surface area contributed by atoms with Gasteiger partial charge >= 0.3 is 5.97 Å². The topological polar surface area (TPSA) is 55.8 Å². The quantitative estimate of drug-likeness (QED) is 0.857. The van der Waals surface area contributed by atoms with Crippen molar-refractivity contribution < 1.29 is 19.4 Å². The van der Waals surface area contributed by atoms with Crippen molar-refractivity contribution in [3.05, 3.63) is 23.3 Å². The third-order valence-electron chi connectivity index (χ3n) is 3.03. The van der Waals surface area contributed by atoms with E-state index < -0.39 is 5.97 Å². The van der Waals surface area contributed by atoms with Gasteiger partial charge in [-0.1, -0.05) is 0 Å². The fourth-order valence-electron chi connectivity index (χ4n) is 2.08. The number of fused-ring (bicyclic) bond motifs is 1. The van der Waals surface area contributed by atoms with Gasteiger partial charge in [0.25, 0.3) is 0 Å². The van der Waals surface area contributed by atoms with Crippen LogP contribution in [-0.4, -0.2) is 23.8 Å². The van der Waals surface area contributed by atoms with Gasteiger partial charge in [-0.2, -0.15) is 0 Å². The van der Waals surface area contributed by atoms with Crippen LogP contribution in [0.15, 0.2) is 12.1 Å². The predicted molar refractivity (Wildman–Crippen MR) is 63.0 cm³/mol. The van der Waals surface area contributed by atoms with Gasteiger partial charge in [0.05, 0.1) is 12.7 Å². The fraction of sp³-hybridized carbons (Fsp3) is 0.462. The molecule has 0 saturated heterocycles. The van der Waals surface area contributed by atoms with E-state index >= 15 is 0 Å². The molecule has 1 aliphatic rings. The van der Waals surface area contributed by atoms with Crippen molar-refractivity contribution in [2.45, 2.75) is 32.3 Å². The summed E-state index contributed by atoms with van der Waals surface area (Å²) in [6.45, 7) is 3.98. The maximum atomic E-state index is 11.1. The molecule has 0 aliphatic carbocycles. The molecule has 0 amide bonds. The second kappa shape index (κ2) is 3.95. The number of carboxylic acid groups (broad SMARTS) is 1. The Morgan fingerprint density at radius 1 is 1.47 bits per heavy atom. The summed E-state index contributed by atoms with van der Waals surface area (Å²) < 4.78 is 11.1. The highest BCUT2D eigenvalue weighted by atomic mass is 16.5. The van der Waals surface area contributed by atoms with E-state index in [1.165, 1.54) is 0 Å². The molecule has 0 aromatic heterocycles. The molecule has 0 saturated carbocycles. The van der Waals surface area contributed by atoms with Crippen LogP contribution in [0.1, 0.15) is 36.2 Å². The molecular formula is C13H16O4. The van der Waals surface area contributed by atoms with E-state index in [4.69, 9.17) is 14.6 Å². The zero-order chi connectivity index (χ0) is 12.6. The summed E-state index contributed by atoms with van der Waals surface area (Å²) in [5.41, 5.74) is 0.754. The molecule has 1 heterocycles. The van der Waals surface area contributed by atoms with Crippen molar-refractivity contribution >= 4 is 5.97 Å². The first-order chi connectivity index (χ1) is 7.94. The summed E-state index contributed by atoms with van der Waals surface area (Å²) >= 11 is 0. The van der Waals surface area contributed by atoms with Crippen molar-refractivity contribution in [2.24, 2.45) is 0 Å². The average Bonchev–Trinajstić information content (AvgIpc) is 2.26. The molecule has 0 atom stereocenters. The lowest BCUT2D eigenvalue weighted by Crippen LogP contribution is -2.33. The zero-order valence-corrected chi connectivity index (χ0v) is 10.2. The number of carbonyl (C=O) groups is 1. The number of aromatic carboxylic acids is 1. The van der Waals surface area contributed by atoms with Crippen LogP contribution in [0.2, 0.25) is 0 Å². The molecule has 0 unspecified atom stereocenters. The summed E-state index contributed by atoms with van der Waals surface area (Å²) in [6.07, 6.45) is 1.49. The summed E-state index contributed by atoms with van der Waals surface area (Å²) in [6, 6.07) is 3.21. The van der Waals surface area contributed by atoms with E-state index in [9.17, 15) is 4.79 Å². The van der Waals surface area contributed by atoms with E-state index in [2.05, 4.69) is 0 Å². The summed E-state index contributed by atoms with van der Waals surface area (Å²) in [7, 11) is 1.56. The molecule has 1 aromatic carbocycles. The molecule has 92 valence electrons. The van der Waals surface area contributed by atoms with Gasteiger partial charge in [0, 0.05) is 5.56 Å². The molecule has 4 nitrogen and oxygen atoms in total. The Kier molecular flexibility index (Phi) is 2.73. The van der Waals surface area contributed by atoms with Crippen LogP contribution in [0.3, 0.4) is 0 Å². The first-order valence-corrected chi connectivity index (χ1v) is 5.57. The van der Waals surface area contributed by atoms with Crippen LogP contribution >= 0.6 is 0 Å². The molecule has 1 aromatic rings. The van der Waals surface area contributed by atoms with Crippen LogP contribution < -0.4 is 9.47 Å². The molecule has 2 rings (SSSR count). The number of rotatable bonds is 2. The first kappa shape index (κ1) is 11.8. The standard InChI is InChI=1S/C13H16O4/c1-13(2)7-6-8-9(12(14)15)4-5-10(16-3)11(8)17-13/h4-5H,6-7H2,1-3H3,(H,14,15). The van der Waals surface area contributed by atoms with Gasteiger partial charge in [-0.3, -0.25) is 0 Å². The molecule has 0 bridgehead atoms. The summed E-state index contributed by atoms with van der Waals surface area (Å²) in [5.74, 6) is 0.244. The number of benzene rings is 1. The van der Waals surface area contributed by atoms with Gasteiger partial charge in [0.1, 0.15) is 5.60 Å². The third kappa shape index (κ3) is 2.07. The molecule has 1 N–H and O–H groups in total. The van der Waals surface area contributed by atoms with Gasteiger partial charge in [0.2, 0.25) is 0 Å². The first-order valence-electron chi connectivity index (χ1n) is 5.57. The Morgan fingerprint density at radius 3 is 2.76 bits per heavy atom. The van der Waals surface area contributed by atoms with Gasteiger partial charge in [-0.15, -0.1) is 0 Å². The van der Waals surface area contributed by atoms with Crippen molar-refractivity contribution in [1.82, 2.24) is 0 Å². The minimum atomic E-state index is -0.924. The molecule has 0 spiro atoms. The fourth-order valence-corrected chi connectivity index (χ4v) is 2.08. The Hall–Kier alpha value is -1.71. The zero-order valence-electron chi connectivity index (χ0n) is 10.2. The molecule has 0 radical (unpaired) electrons. The van der Waals surface area contributed by atoms with Crippen LogP contribution in [0.25, 0.3) is 0 Å². The Labute approximate surface area is 100 Å². The van der Waals surface area contributed by atoms with Crippen molar-refractivity contribution in [3.8, 4) is 11.5 Å². The summed E-state index contributed by atoms with van der Waals surface area (Å²) in [5, 5.41) is 9.14. The average molecular weight is 236 g/mol. The van der Waals surface area contributed by atoms with E-state index in [0.717, 1.165) is 12.0 Å². The van der Waals surface area contributed by atoms with Gasteiger partial charge in [-0.25, -0.2) is 4.79 Å². The van der Waals surface area contributed by atoms with Crippen LogP contribution in [0.5, 0.6) is 11.5 Å². The van der Waals surface area contributed by atoms with Gasteiger partial charge < -0.3 is 14.6 Å². The Morgan fingerprint density at radius 2 is 2.18 bits per heavy atom. The van der Waals surface area contributed by atoms with Gasteiger partial charge in [-0.05, 0) is 38.8 Å². The Bertz CT molecular complexity index is 463. The van der Waals surface area contributed by atoms with Crippen molar-refractivity contribution in [2.75, 3.05) is 7.11 Å². The number of methoxy groups -OCH3 is 1. The number of carboxylic acids is 1. The molecule has 4 heteroatoms. The smallest absolute Gasteiger partial charge is 0.336 e. The maximum Gasteiger partial charge on any atom is 0.336 e. The molecular weight excluding hydrogens is 220 g/mol. The minimum Gasteiger partial charge on any atom is -0.493 e. The lowest BCUT2D eigenvalue weighted by Gasteiger charge is -2.33. The van der Waals surface area contributed by atoms with Crippen LogP contribution in [0, 0.1) is 0 Å². The van der Waals surface area contributed by atoms with Crippen LogP contribution in [-0.2, 0) is 6.42 Å². The maximum absolute atomic E-state index is 11.1. The highest BCUT2D eigenvalue weighted by Crippen LogP contribution is 2.41. The van der Waals surface area contributed by atoms with E-state index in [1.54, 1.807) is 19.2 Å². The molecule has 1 aliphatic heterocycles. The van der Waals surface area contributed by atoms with E-state index in [1.807, 2.05) is 13.8 Å². The lowest BCUT2D eigenvalue weighted by atomic mass is 9.91. The van der Waals surface area contributed by atoms with E-state index in [0.29, 0.717) is 23.5 Å². The third-order valence-corrected chi connectivity index (χ3v) is 3.03. The highest BCUT2D eigenvalue weighted by Gasteiger charge is 2.31. The Balaban J connectivity index is 2.57. The number of hydrogen-bond donors (Lipinski definition) is 1. The SMILES string of the molecule is COc1ccc(C(=O)O)c2c1OC(C)(C)CC2. The lowest BCUT2D eigenvalue weighted by molar-refractivity contribution is 0.0668. The monoisotopic (exact) mass is 236 g/mol. The largest absolute Gasteiger partial charge is 0.493 e. The highest BCUT2D eigenvalue weighted by molar-refractivity contribution is 5.91. The molecule has 17 heavy (non-hydrogen) atoms. The number of ether oxygens (including phenoxy) is 2. The van der Waals surface area contributed by atoms with Crippen LogP contribution in [0.4, 0.5) is 0 Å². The van der Waals surface area contributed by atoms with Gasteiger partial charge in [0.15, 0.2) is 11.5 Å². The second-order valence-corrected chi connectivity index (χ2v) is 4.79. The summed E-state index contributed by atoms with van der Waals surface area (Å²) in [4.78, 5) is 11.1.